The zero-order valence-corrected chi connectivity index (χ0v) is 11.7. The summed E-state index contributed by atoms with van der Waals surface area (Å²) in [6.07, 6.45) is 5.04. The van der Waals surface area contributed by atoms with Crippen LogP contribution in [0.1, 0.15) is 28.8 Å². The molecule has 6 heteroatoms. The van der Waals surface area contributed by atoms with E-state index in [-0.39, 0.29) is 5.69 Å². The standard InChI is InChI=1S/C14H18N4O2/c1-3-11-17-12(14(19)20-2)13(15)18(11)8-6-10-5-4-7-16-9-10/h4-5,7,9H,3,6,8,15H2,1-2H3. The van der Waals surface area contributed by atoms with Crippen LogP contribution >= 0.6 is 0 Å². The Morgan fingerprint density at radius 2 is 2.30 bits per heavy atom. The van der Waals surface area contributed by atoms with Crippen molar-refractivity contribution in [2.75, 3.05) is 12.8 Å². The van der Waals surface area contributed by atoms with Gasteiger partial charge in [0.1, 0.15) is 11.6 Å². The smallest absolute Gasteiger partial charge is 0.360 e. The molecule has 0 saturated heterocycles. The second kappa shape index (κ2) is 6.18. The summed E-state index contributed by atoms with van der Waals surface area (Å²) in [6.45, 7) is 2.63. The van der Waals surface area contributed by atoms with Crippen molar-refractivity contribution in [1.82, 2.24) is 14.5 Å². The number of ether oxygens (including phenoxy) is 1. The van der Waals surface area contributed by atoms with Gasteiger partial charge in [-0.15, -0.1) is 0 Å². The first kappa shape index (κ1) is 14.0. The zero-order valence-electron chi connectivity index (χ0n) is 11.7. The van der Waals surface area contributed by atoms with E-state index in [0.29, 0.717) is 18.8 Å². The first-order valence-electron chi connectivity index (χ1n) is 6.49. The maximum atomic E-state index is 11.6. The van der Waals surface area contributed by atoms with Crippen molar-refractivity contribution in [3.8, 4) is 0 Å². The predicted octanol–water partition coefficient (Wildman–Crippen LogP) is 1.45. The van der Waals surface area contributed by atoms with Crippen LogP contribution in [0.5, 0.6) is 0 Å². The molecule has 20 heavy (non-hydrogen) atoms. The lowest BCUT2D eigenvalue weighted by Crippen LogP contribution is -2.10. The number of anilines is 1. The van der Waals surface area contributed by atoms with E-state index in [1.165, 1.54) is 7.11 Å². The van der Waals surface area contributed by atoms with E-state index in [2.05, 4.69) is 14.7 Å². The van der Waals surface area contributed by atoms with Gasteiger partial charge in [-0.05, 0) is 18.1 Å². The molecule has 106 valence electrons. The first-order chi connectivity index (χ1) is 9.67. The summed E-state index contributed by atoms with van der Waals surface area (Å²) < 4.78 is 6.55. The summed E-state index contributed by atoms with van der Waals surface area (Å²) >= 11 is 0. The highest BCUT2D eigenvalue weighted by Gasteiger charge is 2.19. The molecule has 2 aromatic heterocycles. The minimum absolute atomic E-state index is 0.190. The number of nitrogens with two attached hydrogens (primary N) is 1. The summed E-state index contributed by atoms with van der Waals surface area (Å²) in [5, 5.41) is 0. The molecule has 0 aromatic carbocycles. The average molecular weight is 274 g/mol. The highest BCUT2D eigenvalue weighted by molar-refractivity contribution is 5.92. The van der Waals surface area contributed by atoms with Gasteiger partial charge in [0.2, 0.25) is 0 Å². The second-order valence-electron chi connectivity index (χ2n) is 4.37. The molecule has 0 aliphatic heterocycles. The van der Waals surface area contributed by atoms with Gasteiger partial charge in [0, 0.05) is 25.4 Å². The average Bonchev–Trinajstić information content (AvgIpc) is 2.81. The fourth-order valence-electron chi connectivity index (χ4n) is 2.07. The summed E-state index contributed by atoms with van der Waals surface area (Å²) in [5.41, 5.74) is 7.31. The quantitative estimate of drug-likeness (QED) is 0.834. The lowest BCUT2D eigenvalue weighted by Gasteiger charge is -2.08. The van der Waals surface area contributed by atoms with Gasteiger partial charge < -0.3 is 15.0 Å². The van der Waals surface area contributed by atoms with Gasteiger partial charge in [0.05, 0.1) is 7.11 Å². The molecule has 0 amide bonds. The third-order valence-corrected chi connectivity index (χ3v) is 3.13. The predicted molar refractivity (Wildman–Crippen MR) is 75.3 cm³/mol. The Kier molecular flexibility index (Phi) is 4.34. The molecule has 0 atom stereocenters. The Labute approximate surface area is 117 Å². The van der Waals surface area contributed by atoms with Crippen LogP contribution in [-0.4, -0.2) is 27.6 Å². The van der Waals surface area contributed by atoms with E-state index < -0.39 is 5.97 Å². The molecule has 0 unspecified atom stereocenters. The molecule has 0 spiro atoms. The third kappa shape index (κ3) is 2.79. The van der Waals surface area contributed by atoms with Crippen LogP contribution in [0.15, 0.2) is 24.5 Å². The molecule has 0 aliphatic rings. The molecule has 6 nitrogen and oxygen atoms in total. The van der Waals surface area contributed by atoms with Gasteiger partial charge in [0.25, 0.3) is 0 Å². The maximum absolute atomic E-state index is 11.6. The van der Waals surface area contributed by atoms with Crippen molar-refractivity contribution in [3.05, 3.63) is 41.6 Å². The summed E-state index contributed by atoms with van der Waals surface area (Å²) in [6, 6.07) is 3.90. The largest absolute Gasteiger partial charge is 0.464 e. The molecule has 2 heterocycles. The van der Waals surface area contributed by atoms with Crippen LogP contribution in [0.4, 0.5) is 5.82 Å². The fourth-order valence-corrected chi connectivity index (χ4v) is 2.07. The normalized spacial score (nSPS) is 10.5. The SMILES string of the molecule is CCc1nc(C(=O)OC)c(N)n1CCc1cccnc1. The summed E-state index contributed by atoms with van der Waals surface area (Å²) in [4.78, 5) is 19.9. The fraction of sp³-hybridized carbons (Fsp3) is 0.357. The molecule has 0 radical (unpaired) electrons. The highest BCUT2D eigenvalue weighted by Crippen LogP contribution is 2.17. The van der Waals surface area contributed by atoms with Crippen LogP contribution < -0.4 is 5.73 Å². The van der Waals surface area contributed by atoms with E-state index >= 15 is 0 Å². The molecular formula is C14H18N4O2. The molecule has 2 aromatic rings. The molecule has 2 rings (SSSR count). The minimum atomic E-state index is -0.502. The van der Waals surface area contributed by atoms with Gasteiger partial charge in [0.15, 0.2) is 5.69 Å². The highest BCUT2D eigenvalue weighted by atomic mass is 16.5. The summed E-state index contributed by atoms with van der Waals surface area (Å²) in [5.74, 6) is 0.640. The lowest BCUT2D eigenvalue weighted by atomic mass is 10.2. The Balaban J connectivity index is 2.22. The van der Waals surface area contributed by atoms with Crippen molar-refractivity contribution >= 4 is 11.8 Å². The number of carbonyl (C=O) groups is 1. The van der Waals surface area contributed by atoms with Crippen molar-refractivity contribution in [3.63, 3.8) is 0 Å². The number of aromatic nitrogens is 3. The molecular weight excluding hydrogens is 256 g/mol. The lowest BCUT2D eigenvalue weighted by molar-refractivity contribution is 0.0595. The number of aryl methyl sites for hydroxylation is 2. The number of hydrogen-bond acceptors (Lipinski definition) is 5. The van der Waals surface area contributed by atoms with E-state index in [0.717, 1.165) is 17.8 Å². The van der Waals surface area contributed by atoms with Gasteiger partial charge in [-0.25, -0.2) is 9.78 Å². The van der Waals surface area contributed by atoms with Crippen LogP contribution in [0.25, 0.3) is 0 Å². The molecule has 2 N–H and O–H groups in total. The molecule has 0 aliphatic carbocycles. The van der Waals surface area contributed by atoms with E-state index in [1.54, 1.807) is 6.20 Å². The van der Waals surface area contributed by atoms with E-state index in [9.17, 15) is 4.79 Å². The molecule has 0 saturated carbocycles. The van der Waals surface area contributed by atoms with Crippen LogP contribution in [0.2, 0.25) is 0 Å². The zero-order chi connectivity index (χ0) is 14.5. The Morgan fingerprint density at radius 1 is 1.50 bits per heavy atom. The molecule has 0 bridgehead atoms. The monoisotopic (exact) mass is 274 g/mol. The van der Waals surface area contributed by atoms with Crippen LogP contribution in [-0.2, 0) is 24.1 Å². The van der Waals surface area contributed by atoms with E-state index in [4.69, 9.17) is 5.73 Å². The number of carbonyl (C=O) groups excluding carboxylic acids is 1. The van der Waals surface area contributed by atoms with Crippen molar-refractivity contribution in [2.45, 2.75) is 26.3 Å². The number of pyridine rings is 1. The second-order valence-corrected chi connectivity index (χ2v) is 4.37. The van der Waals surface area contributed by atoms with Crippen molar-refractivity contribution in [2.24, 2.45) is 0 Å². The van der Waals surface area contributed by atoms with Gasteiger partial charge in [-0.3, -0.25) is 4.98 Å². The first-order valence-corrected chi connectivity index (χ1v) is 6.49. The minimum Gasteiger partial charge on any atom is -0.464 e. The number of nitrogen functional groups attached to an aromatic ring is 1. The number of esters is 1. The van der Waals surface area contributed by atoms with Crippen LogP contribution in [0, 0.1) is 0 Å². The Hall–Kier alpha value is -2.37. The Bertz CT molecular complexity index is 593. The number of imidazole rings is 1. The van der Waals surface area contributed by atoms with Crippen LogP contribution in [0.3, 0.4) is 0 Å². The Morgan fingerprint density at radius 3 is 2.90 bits per heavy atom. The summed E-state index contributed by atoms with van der Waals surface area (Å²) in [7, 11) is 1.32. The van der Waals surface area contributed by atoms with Gasteiger partial charge >= 0.3 is 5.97 Å². The number of nitrogens with zero attached hydrogens (tertiary/aromatic N) is 3. The number of hydrogen-bond donors (Lipinski definition) is 1. The van der Waals surface area contributed by atoms with Gasteiger partial charge in [-0.2, -0.15) is 0 Å². The van der Waals surface area contributed by atoms with Gasteiger partial charge in [-0.1, -0.05) is 13.0 Å². The van der Waals surface area contributed by atoms with Crippen molar-refractivity contribution in [1.29, 1.82) is 0 Å². The number of rotatable bonds is 5. The topological polar surface area (TPSA) is 83.0 Å². The number of methoxy groups -OCH3 is 1. The molecule has 0 fully saturated rings. The maximum Gasteiger partial charge on any atom is 0.360 e. The van der Waals surface area contributed by atoms with Crippen molar-refractivity contribution < 1.29 is 9.53 Å². The third-order valence-electron chi connectivity index (χ3n) is 3.13. The van der Waals surface area contributed by atoms with E-state index in [1.807, 2.05) is 29.8 Å².